The van der Waals surface area contributed by atoms with E-state index in [1.165, 1.54) is 5.56 Å². The smallest absolute Gasteiger partial charge is 0.193 e. The molecule has 1 N–H and O–H groups in total. The van der Waals surface area contributed by atoms with Crippen molar-refractivity contribution in [2.24, 2.45) is 10.9 Å². The quantitative estimate of drug-likeness (QED) is 0.386. The van der Waals surface area contributed by atoms with Gasteiger partial charge in [-0.2, -0.15) is 0 Å². The number of benzene rings is 1. The van der Waals surface area contributed by atoms with Gasteiger partial charge < -0.3 is 24.4 Å². The second kappa shape index (κ2) is 12.6. The molecule has 0 saturated carbocycles. The van der Waals surface area contributed by atoms with Crippen molar-refractivity contribution in [3.63, 3.8) is 0 Å². The zero-order chi connectivity index (χ0) is 19.3. The maximum Gasteiger partial charge on any atom is 0.193 e. The lowest BCUT2D eigenvalue weighted by Gasteiger charge is -2.23. The van der Waals surface area contributed by atoms with E-state index in [4.69, 9.17) is 14.2 Å². The second-order valence-electron chi connectivity index (χ2n) is 6.89. The second-order valence-corrected chi connectivity index (χ2v) is 6.89. The molecule has 1 saturated heterocycles. The number of rotatable bonds is 10. The van der Waals surface area contributed by atoms with Crippen LogP contribution < -0.4 is 10.1 Å². The van der Waals surface area contributed by atoms with Crippen molar-refractivity contribution in [1.29, 1.82) is 0 Å². The van der Waals surface area contributed by atoms with E-state index < -0.39 is 0 Å². The average Bonchev–Trinajstić information content (AvgIpc) is 2.70. The van der Waals surface area contributed by atoms with Crippen molar-refractivity contribution in [3.05, 3.63) is 29.8 Å². The Bertz CT molecular complexity index is 542. The van der Waals surface area contributed by atoms with Crippen LogP contribution in [0.4, 0.5) is 0 Å². The summed E-state index contributed by atoms with van der Waals surface area (Å²) in [4.78, 5) is 6.50. The van der Waals surface area contributed by atoms with E-state index in [-0.39, 0.29) is 0 Å². The highest BCUT2D eigenvalue weighted by molar-refractivity contribution is 5.79. The fourth-order valence-electron chi connectivity index (χ4n) is 3.13. The summed E-state index contributed by atoms with van der Waals surface area (Å²) < 4.78 is 16.7. The lowest BCUT2D eigenvalue weighted by molar-refractivity contribution is 0.0203. The van der Waals surface area contributed by atoms with Gasteiger partial charge in [0.2, 0.25) is 0 Å². The van der Waals surface area contributed by atoms with Gasteiger partial charge in [-0.25, -0.2) is 0 Å². The molecule has 6 heteroatoms. The highest BCUT2D eigenvalue weighted by atomic mass is 16.5. The molecule has 0 unspecified atom stereocenters. The van der Waals surface area contributed by atoms with Crippen LogP contribution in [0.1, 0.15) is 31.7 Å². The molecule has 1 aliphatic rings. The lowest BCUT2D eigenvalue weighted by Crippen LogP contribution is -2.39. The summed E-state index contributed by atoms with van der Waals surface area (Å²) in [5, 5.41) is 3.41. The molecule has 0 bridgehead atoms. The van der Waals surface area contributed by atoms with Crippen LogP contribution in [0.15, 0.2) is 29.3 Å². The molecule has 0 atom stereocenters. The Kier molecular flexibility index (Phi) is 10.0. The molecule has 0 radical (unpaired) electrons. The van der Waals surface area contributed by atoms with Crippen molar-refractivity contribution in [2.45, 2.75) is 32.7 Å². The summed E-state index contributed by atoms with van der Waals surface area (Å²) in [6, 6.07) is 8.22. The summed E-state index contributed by atoms with van der Waals surface area (Å²) in [6.07, 6.45) is 3.22. The van der Waals surface area contributed by atoms with Gasteiger partial charge in [0.25, 0.3) is 0 Å². The van der Waals surface area contributed by atoms with Crippen molar-refractivity contribution >= 4 is 5.96 Å². The Labute approximate surface area is 163 Å². The SMILES string of the molecule is CCOc1ccc(CN(C)C(=NC)NCCCOCC2CCOCC2)cc1. The monoisotopic (exact) mass is 377 g/mol. The van der Waals surface area contributed by atoms with Crippen LogP contribution in [-0.4, -0.2) is 64.5 Å². The van der Waals surface area contributed by atoms with Gasteiger partial charge in [-0.3, -0.25) is 4.99 Å². The Morgan fingerprint density at radius 1 is 1.26 bits per heavy atom. The fraction of sp³-hybridized carbons (Fsp3) is 0.667. The van der Waals surface area contributed by atoms with Gasteiger partial charge in [-0.1, -0.05) is 12.1 Å². The average molecular weight is 378 g/mol. The van der Waals surface area contributed by atoms with E-state index in [0.29, 0.717) is 12.5 Å². The van der Waals surface area contributed by atoms with Crippen molar-refractivity contribution < 1.29 is 14.2 Å². The van der Waals surface area contributed by atoms with Crippen LogP contribution in [0.5, 0.6) is 5.75 Å². The molecule has 0 aromatic heterocycles. The molecule has 1 aliphatic heterocycles. The molecule has 0 spiro atoms. The Morgan fingerprint density at radius 2 is 2.00 bits per heavy atom. The normalized spacial score (nSPS) is 15.6. The van der Waals surface area contributed by atoms with Crippen molar-refractivity contribution in [3.8, 4) is 5.75 Å². The summed E-state index contributed by atoms with van der Waals surface area (Å²) in [6.45, 7) is 7.74. The van der Waals surface area contributed by atoms with E-state index >= 15 is 0 Å². The molecular weight excluding hydrogens is 342 g/mol. The zero-order valence-corrected chi connectivity index (χ0v) is 17.1. The first-order valence-electron chi connectivity index (χ1n) is 10.0. The Balaban J connectivity index is 1.62. The summed E-state index contributed by atoms with van der Waals surface area (Å²) >= 11 is 0. The Hall–Kier alpha value is -1.79. The maximum absolute atomic E-state index is 5.81. The van der Waals surface area contributed by atoms with Crippen LogP contribution in [0.3, 0.4) is 0 Å². The van der Waals surface area contributed by atoms with Crippen molar-refractivity contribution in [2.75, 3.05) is 53.7 Å². The first-order valence-corrected chi connectivity index (χ1v) is 10.0. The largest absolute Gasteiger partial charge is 0.494 e. The molecule has 6 nitrogen and oxygen atoms in total. The number of hydrogen-bond acceptors (Lipinski definition) is 4. The van der Waals surface area contributed by atoms with Crippen LogP contribution in [0.2, 0.25) is 0 Å². The molecule has 1 aromatic rings. The molecule has 152 valence electrons. The van der Waals surface area contributed by atoms with Gasteiger partial charge >= 0.3 is 0 Å². The third-order valence-electron chi connectivity index (χ3n) is 4.67. The van der Waals surface area contributed by atoms with Crippen LogP contribution in [0.25, 0.3) is 0 Å². The van der Waals surface area contributed by atoms with Crippen LogP contribution >= 0.6 is 0 Å². The molecule has 2 rings (SSSR count). The van der Waals surface area contributed by atoms with Gasteiger partial charge in [0.05, 0.1) is 6.61 Å². The molecule has 1 aromatic carbocycles. The molecular formula is C21H35N3O3. The van der Waals surface area contributed by atoms with E-state index in [2.05, 4.69) is 27.3 Å². The lowest BCUT2D eigenvalue weighted by atomic mass is 10.0. The topological polar surface area (TPSA) is 55.3 Å². The third-order valence-corrected chi connectivity index (χ3v) is 4.67. The minimum absolute atomic E-state index is 0.666. The fourth-order valence-corrected chi connectivity index (χ4v) is 3.13. The van der Waals surface area contributed by atoms with E-state index in [0.717, 1.165) is 70.5 Å². The minimum Gasteiger partial charge on any atom is -0.494 e. The highest BCUT2D eigenvalue weighted by Crippen LogP contribution is 2.15. The number of guanidine groups is 1. The molecule has 1 heterocycles. The Morgan fingerprint density at radius 3 is 2.67 bits per heavy atom. The van der Waals surface area contributed by atoms with Gasteiger partial charge in [0.1, 0.15) is 5.75 Å². The minimum atomic E-state index is 0.666. The molecule has 1 fully saturated rings. The highest BCUT2D eigenvalue weighted by Gasteiger charge is 2.13. The molecule has 0 amide bonds. The summed E-state index contributed by atoms with van der Waals surface area (Å²) in [7, 11) is 3.87. The van der Waals surface area contributed by atoms with Gasteiger partial charge in [0, 0.05) is 53.6 Å². The standard InChI is InChI=1S/C21H35N3O3/c1-4-27-20-8-6-18(7-9-20)16-24(3)21(22-2)23-12-5-13-26-17-19-10-14-25-15-11-19/h6-9,19H,4-5,10-17H2,1-3H3,(H,22,23). The predicted octanol–water partition coefficient (Wildman–Crippen LogP) is 2.93. The van der Waals surface area contributed by atoms with E-state index in [1.807, 2.05) is 33.2 Å². The number of hydrogen-bond donors (Lipinski definition) is 1. The van der Waals surface area contributed by atoms with Gasteiger partial charge in [-0.15, -0.1) is 0 Å². The van der Waals surface area contributed by atoms with E-state index in [9.17, 15) is 0 Å². The summed E-state index contributed by atoms with van der Waals surface area (Å²) in [5.74, 6) is 2.47. The van der Waals surface area contributed by atoms with E-state index in [1.54, 1.807) is 0 Å². The first-order chi connectivity index (χ1) is 13.2. The molecule has 0 aliphatic carbocycles. The number of nitrogens with one attached hydrogen (secondary N) is 1. The predicted molar refractivity (Wildman–Crippen MR) is 109 cm³/mol. The maximum atomic E-state index is 5.81. The first kappa shape index (κ1) is 21.5. The number of aliphatic imine (C=N–C) groups is 1. The van der Waals surface area contributed by atoms with Gasteiger partial charge in [-0.05, 0) is 49.8 Å². The third kappa shape index (κ3) is 8.18. The number of ether oxygens (including phenoxy) is 3. The summed E-state index contributed by atoms with van der Waals surface area (Å²) in [5.41, 5.74) is 1.23. The number of nitrogens with zero attached hydrogens (tertiary/aromatic N) is 2. The van der Waals surface area contributed by atoms with Gasteiger partial charge in [0.15, 0.2) is 5.96 Å². The zero-order valence-electron chi connectivity index (χ0n) is 17.1. The van der Waals surface area contributed by atoms with Crippen LogP contribution in [0, 0.1) is 5.92 Å². The van der Waals surface area contributed by atoms with Crippen LogP contribution in [-0.2, 0) is 16.0 Å². The van der Waals surface area contributed by atoms with Crippen molar-refractivity contribution in [1.82, 2.24) is 10.2 Å². The molecule has 27 heavy (non-hydrogen) atoms.